The van der Waals surface area contributed by atoms with Crippen LogP contribution < -0.4 is 0 Å². The third-order valence-corrected chi connectivity index (χ3v) is 16.9. The van der Waals surface area contributed by atoms with Crippen molar-refractivity contribution in [3.63, 3.8) is 0 Å². The lowest BCUT2D eigenvalue weighted by atomic mass is 10.2. The van der Waals surface area contributed by atoms with Crippen molar-refractivity contribution in [3.8, 4) is 0 Å². The monoisotopic (exact) mass is 994 g/mol. The normalized spacial score (nSPS) is 16.9. The van der Waals surface area contributed by atoms with E-state index in [1.165, 1.54) is 109 Å². The summed E-state index contributed by atoms with van der Waals surface area (Å²) < 4.78 is 170. The van der Waals surface area contributed by atoms with Crippen LogP contribution in [0.2, 0.25) is 0 Å². The van der Waals surface area contributed by atoms with Crippen molar-refractivity contribution in [2.75, 3.05) is 34.5 Å². The predicted molar refractivity (Wildman–Crippen MR) is 224 cm³/mol. The third-order valence-electron chi connectivity index (χ3n) is 8.84. The zero-order chi connectivity index (χ0) is 47.4. The highest BCUT2D eigenvalue weighted by Crippen LogP contribution is 2.39. The van der Waals surface area contributed by atoms with Crippen LogP contribution in [0.25, 0.3) is 0 Å². The predicted octanol–water partition coefficient (Wildman–Crippen LogP) is 10.6. The lowest BCUT2D eigenvalue weighted by molar-refractivity contribution is -0.320. The van der Waals surface area contributed by atoms with Gasteiger partial charge < -0.3 is 13.7 Å². The van der Waals surface area contributed by atoms with Crippen molar-refractivity contribution in [3.05, 3.63) is 89.5 Å². The van der Waals surface area contributed by atoms with Gasteiger partial charge >= 0.3 is 24.0 Å². The van der Waals surface area contributed by atoms with Gasteiger partial charge in [0, 0.05) is 43.1 Å². The molecule has 3 heterocycles. The molecular weight excluding hydrogens is 943 g/mol. The number of halogens is 10. The van der Waals surface area contributed by atoms with E-state index in [4.69, 9.17) is 30.5 Å². The van der Waals surface area contributed by atoms with E-state index in [0.29, 0.717) is 32.7 Å². The average Bonchev–Trinajstić information content (AvgIpc) is 3.19. The molecule has 7 nitrogen and oxygen atoms in total. The Balaban J connectivity index is 0.000000381. The van der Waals surface area contributed by atoms with Gasteiger partial charge in [-0.25, -0.2) is 17.2 Å². The summed E-state index contributed by atoms with van der Waals surface area (Å²) in [4.78, 5) is 4.76. The summed E-state index contributed by atoms with van der Waals surface area (Å²) in [6.45, 7) is 6.48. The van der Waals surface area contributed by atoms with Crippen molar-refractivity contribution in [1.29, 1.82) is 0 Å². The summed E-state index contributed by atoms with van der Waals surface area (Å²) in [6, 6.07) is 27.4. The summed E-state index contributed by atoms with van der Waals surface area (Å²) in [6.07, 6.45) is 2.14. The molecule has 3 saturated heterocycles. The molecule has 62 heavy (non-hydrogen) atoms. The van der Waals surface area contributed by atoms with Crippen LogP contribution in [0, 0.1) is 20.8 Å². The van der Waals surface area contributed by atoms with Gasteiger partial charge in [0.1, 0.15) is 34.5 Å². The second-order valence-corrected chi connectivity index (χ2v) is 23.1. The number of hydrogen-bond acceptors (Lipinski definition) is 7. The smallest absolute Gasteiger partial charge is 0.485 e. The Morgan fingerprint density at radius 2 is 0.645 bits per heavy atom. The van der Waals surface area contributed by atoms with Crippen LogP contribution in [-0.4, -0.2) is 89.0 Å². The van der Waals surface area contributed by atoms with E-state index in [0.717, 1.165) is 0 Å². The molecule has 0 aromatic heterocycles. The molecule has 0 atom stereocenters. The first-order valence-electron chi connectivity index (χ1n) is 19.2. The van der Waals surface area contributed by atoms with Crippen LogP contribution >= 0.6 is 0 Å². The van der Waals surface area contributed by atoms with E-state index in [-0.39, 0.29) is 0 Å². The van der Waals surface area contributed by atoms with Crippen LogP contribution in [0.5, 0.6) is 0 Å². The number of alkyl halides is 10. The van der Waals surface area contributed by atoms with Crippen molar-refractivity contribution in [1.82, 2.24) is 0 Å². The number of benzene rings is 3. The van der Waals surface area contributed by atoms with Crippen molar-refractivity contribution in [2.24, 2.45) is 0 Å². The molecule has 3 fully saturated rings. The Bertz CT molecular complexity index is 1750. The molecule has 0 unspecified atom stereocenters. The molecule has 0 spiro atoms. The van der Waals surface area contributed by atoms with Crippen LogP contribution in [-0.2, 0) is 53.2 Å². The summed E-state index contributed by atoms with van der Waals surface area (Å²) >= 11 is 0. The number of rotatable bonds is 4. The van der Waals surface area contributed by atoms with Crippen molar-refractivity contribution < 1.29 is 74.4 Å². The number of hydrogen-bond donors (Lipinski definition) is 0. The van der Waals surface area contributed by atoms with Crippen molar-refractivity contribution in [2.45, 2.75) is 117 Å². The molecular formula is C40H52F10O7S5. The molecule has 354 valence electrons. The molecule has 0 bridgehead atoms. The molecule has 3 aromatic carbocycles. The lowest BCUT2D eigenvalue weighted by Crippen LogP contribution is -2.42. The molecule has 0 N–H and O–H groups in total. The minimum Gasteiger partial charge on any atom is -0.759 e. The maximum Gasteiger partial charge on any atom is 0.485 e. The molecule has 0 amide bonds. The third kappa shape index (κ3) is 24.2. The van der Waals surface area contributed by atoms with E-state index >= 15 is 0 Å². The van der Waals surface area contributed by atoms with Gasteiger partial charge in [0.15, 0.2) is 24.8 Å². The minimum absolute atomic E-state index is 0.584. The first-order chi connectivity index (χ1) is 28.5. The van der Waals surface area contributed by atoms with Gasteiger partial charge in [-0.15, -0.1) is 0 Å². The Labute approximate surface area is 367 Å². The summed E-state index contributed by atoms with van der Waals surface area (Å²) in [5.74, 6) is 2.71. The minimum atomic E-state index is -6.17. The Hall–Kier alpha value is -2.21. The summed E-state index contributed by atoms with van der Waals surface area (Å²) in [7, 11) is -9.51. The highest BCUT2D eigenvalue weighted by atomic mass is 32.3. The maximum absolute atomic E-state index is 11.2. The molecule has 0 aliphatic carbocycles. The maximum atomic E-state index is 11.2. The van der Waals surface area contributed by atoms with Gasteiger partial charge in [0.25, 0.3) is 0 Å². The quantitative estimate of drug-likeness (QED) is 0.0834. The van der Waals surface area contributed by atoms with Gasteiger partial charge in [0.05, 0.1) is 0 Å². The van der Waals surface area contributed by atoms with Crippen LogP contribution in [0.1, 0.15) is 74.5 Å². The van der Waals surface area contributed by atoms with Crippen LogP contribution in [0.3, 0.4) is 0 Å². The van der Waals surface area contributed by atoms with Gasteiger partial charge in [-0.1, -0.05) is 53.1 Å². The van der Waals surface area contributed by atoms with Crippen molar-refractivity contribution >= 4 is 53.2 Å². The molecule has 3 aliphatic heterocycles. The van der Waals surface area contributed by atoms with E-state index in [1.54, 1.807) is 14.7 Å². The van der Waals surface area contributed by atoms with Gasteiger partial charge in [0.2, 0.25) is 0 Å². The second kappa shape index (κ2) is 27.3. The molecule has 6 rings (SSSR count). The topological polar surface area (TPSA) is 137 Å². The van der Waals surface area contributed by atoms with E-state index in [1.807, 2.05) is 0 Å². The molecule has 3 aromatic rings. The number of aryl methyl sites for hydroxylation is 3. The first kappa shape index (κ1) is 57.8. The molecule has 22 heteroatoms. The van der Waals surface area contributed by atoms with E-state index in [2.05, 4.69) is 93.6 Å². The van der Waals surface area contributed by atoms with Crippen LogP contribution in [0.4, 0.5) is 43.9 Å². The molecule has 3 aliphatic rings. The standard InChI is InChI=1S/3C12H17S.C3HF7.CHF3O3S.H2O4S/c3*1-11-5-7-12(8-6-11)13-9-3-2-4-10-13;4-1(5)2(6,7)3(8,9)10;2-1(3,4)8(5,6)7;1-5(2,3)4/h3*5-8H,2-4,9-10H2,1H3;1H;(H,5,6,7);(H2,1,2,3,4)/q3*+1;;;/p-3. The molecule has 0 radical (unpaired) electrons. The lowest BCUT2D eigenvalue weighted by Gasteiger charge is -2.17. The van der Waals surface area contributed by atoms with Gasteiger partial charge in [-0.05, 0) is 115 Å². The Morgan fingerprint density at radius 3 is 0.774 bits per heavy atom. The highest BCUT2D eigenvalue weighted by molar-refractivity contribution is 7.97. The fourth-order valence-electron chi connectivity index (χ4n) is 5.52. The Kier molecular flexibility index (Phi) is 25.5. The SMILES string of the molecule is Cc1ccc([S+]2CCCCC2)cc1.Cc1ccc([S+]2CCCCC2)cc1.Cc1ccc([S+]2CCCCC2)cc1.FC(F)C(F)(F)C(F)(F)F.O=S(=O)([O-])C(F)(F)F.O=S(=O)([O-])[O-]. The zero-order valence-corrected chi connectivity index (χ0v) is 38.4. The van der Waals surface area contributed by atoms with E-state index < -0.39 is 44.5 Å². The average molecular weight is 995 g/mol. The van der Waals surface area contributed by atoms with E-state index in [9.17, 15) is 43.9 Å². The molecule has 0 saturated carbocycles. The van der Waals surface area contributed by atoms with Gasteiger partial charge in [-0.3, -0.25) is 8.42 Å². The fraction of sp³-hybridized carbons (Fsp3) is 0.550. The van der Waals surface area contributed by atoms with Crippen LogP contribution in [0.15, 0.2) is 87.5 Å². The highest BCUT2D eigenvalue weighted by Gasteiger charge is 2.64. The first-order valence-corrected chi connectivity index (χ1v) is 26.6. The Morgan fingerprint density at radius 1 is 0.452 bits per heavy atom. The second-order valence-electron chi connectivity index (χ2n) is 14.1. The summed E-state index contributed by atoms with van der Waals surface area (Å²) in [5.41, 5.74) is -1.51. The zero-order valence-electron chi connectivity index (χ0n) is 34.3. The fourth-order valence-corrected chi connectivity index (χ4v) is 12.4. The largest absolute Gasteiger partial charge is 0.759 e. The van der Waals surface area contributed by atoms with Gasteiger partial charge in [-0.2, -0.15) is 35.1 Å². The summed E-state index contributed by atoms with van der Waals surface area (Å²) in [5, 5.41) is 0.